The molecule has 5 aliphatic carbocycles. The van der Waals surface area contributed by atoms with E-state index in [1.54, 1.807) is 0 Å². The molecule has 44 heavy (non-hydrogen) atoms. The Labute approximate surface area is 267 Å². The van der Waals surface area contributed by atoms with Crippen LogP contribution in [0.2, 0.25) is 0 Å². The Morgan fingerprint density at radius 2 is 1.57 bits per heavy atom. The zero-order valence-electron chi connectivity index (χ0n) is 29.6. The molecule has 248 valence electrons. The highest BCUT2D eigenvalue weighted by molar-refractivity contribution is 5.95. The Balaban J connectivity index is 1.45. The van der Waals surface area contributed by atoms with Crippen molar-refractivity contribution in [2.45, 2.75) is 133 Å². The number of allylic oxidation sites excluding steroid dienone is 2. The van der Waals surface area contributed by atoms with Crippen molar-refractivity contribution < 1.29 is 23.9 Å². The van der Waals surface area contributed by atoms with Gasteiger partial charge in [0.15, 0.2) is 5.78 Å². The second-order valence-corrected chi connectivity index (χ2v) is 17.4. The lowest BCUT2D eigenvalue weighted by Gasteiger charge is -2.70. The largest absolute Gasteiger partial charge is 0.464 e. The topological polar surface area (TPSA) is 72.9 Å². The molecular formula is C38H61NO5. The first-order valence-corrected chi connectivity index (χ1v) is 17.7. The summed E-state index contributed by atoms with van der Waals surface area (Å²) < 4.78 is 11.8. The van der Waals surface area contributed by atoms with Crippen LogP contribution in [-0.4, -0.2) is 55.0 Å². The van der Waals surface area contributed by atoms with Crippen LogP contribution in [0.1, 0.15) is 127 Å². The molecule has 0 unspecified atom stereocenters. The van der Waals surface area contributed by atoms with Crippen molar-refractivity contribution in [3.8, 4) is 0 Å². The van der Waals surface area contributed by atoms with Crippen molar-refractivity contribution in [3.05, 3.63) is 11.6 Å². The average Bonchev–Trinajstić information content (AvgIpc) is 2.94. The summed E-state index contributed by atoms with van der Waals surface area (Å²) in [5.74, 6) is 0.492. The molecule has 4 fully saturated rings. The molecular weight excluding hydrogens is 550 g/mol. The van der Waals surface area contributed by atoms with E-state index in [0.29, 0.717) is 18.3 Å². The molecule has 0 aromatic heterocycles. The number of ketones is 1. The number of hydrogen-bond acceptors (Lipinski definition) is 6. The fourth-order valence-electron chi connectivity index (χ4n) is 11.7. The van der Waals surface area contributed by atoms with Crippen molar-refractivity contribution in [2.75, 3.05) is 26.2 Å². The van der Waals surface area contributed by atoms with Crippen molar-refractivity contribution in [2.24, 2.45) is 50.2 Å². The average molecular weight is 612 g/mol. The van der Waals surface area contributed by atoms with Gasteiger partial charge >= 0.3 is 11.9 Å². The Morgan fingerprint density at radius 1 is 0.909 bits per heavy atom. The van der Waals surface area contributed by atoms with E-state index in [2.05, 4.69) is 73.3 Å². The van der Waals surface area contributed by atoms with Crippen molar-refractivity contribution in [1.29, 1.82) is 0 Å². The Bertz CT molecular complexity index is 1200. The minimum atomic E-state index is -0.532. The number of likely N-dealkylation sites (N-methyl/N-ethyl adjacent to an activating group) is 1. The summed E-state index contributed by atoms with van der Waals surface area (Å²) in [7, 11) is 0. The van der Waals surface area contributed by atoms with Gasteiger partial charge in [-0.1, -0.05) is 61.0 Å². The van der Waals surface area contributed by atoms with Gasteiger partial charge in [-0.25, -0.2) is 0 Å². The fraction of sp³-hybridized carbons (Fsp3) is 0.868. The number of ether oxygens (including phenoxy) is 2. The quantitative estimate of drug-likeness (QED) is 0.274. The second-order valence-electron chi connectivity index (χ2n) is 17.4. The molecule has 0 aromatic rings. The number of nitrogens with zero attached hydrogens (tertiary/aromatic N) is 1. The van der Waals surface area contributed by atoms with Crippen molar-refractivity contribution in [3.63, 3.8) is 0 Å². The molecule has 0 amide bonds. The molecule has 0 aliphatic heterocycles. The predicted molar refractivity (Wildman–Crippen MR) is 174 cm³/mol. The number of rotatable bonds is 7. The highest BCUT2D eigenvalue weighted by atomic mass is 16.5. The third-order valence-corrected chi connectivity index (χ3v) is 14.8. The molecule has 0 bridgehead atoms. The number of carbonyl (C=O) groups is 3. The zero-order chi connectivity index (χ0) is 32.5. The van der Waals surface area contributed by atoms with Gasteiger partial charge in [-0.15, -0.1) is 0 Å². The van der Waals surface area contributed by atoms with Gasteiger partial charge in [-0.3, -0.25) is 14.4 Å². The SMILES string of the molecule is CCN(CC)CCOC(=O)[C@@]1(C)CC[C@]2(C)CC[C@]3(C)C(=CC(=O)[C@H]4[C@@]5(C)CC[C@H](OC(C)=O)C(C)(C)[C@@H]5CC[C@@]43C)[C@@H]2C1. The van der Waals surface area contributed by atoms with E-state index < -0.39 is 5.41 Å². The van der Waals surface area contributed by atoms with Crippen LogP contribution in [0.25, 0.3) is 0 Å². The first-order valence-electron chi connectivity index (χ1n) is 17.7. The third-order valence-electron chi connectivity index (χ3n) is 14.8. The lowest BCUT2D eigenvalue weighted by atomic mass is 9.33. The molecule has 0 radical (unpaired) electrons. The van der Waals surface area contributed by atoms with Crippen molar-refractivity contribution in [1.82, 2.24) is 4.90 Å². The second kappa shape index (κ2) is 11.2. The Hall–Kier alpha value is -1.69. The molecule has 6 heteroatoms. The summed E-state index contributed by atoms with van der Waals surface area (Å²) in [6.45, 7) is 25.2. The van der Waals surface area contributed by atoms with E-state index in [0.717, 1.165) is 77.4 Å². The lowest BCUT2D eigenvalue weighted by molar-refractivity contribution is -0.210. The predicted octanol–water partition coefficient (Wildman–Crippen LogP) is 7.78. The van der Waals surface area contributed by atoms with Crippen molar-refractivity contribution >= 4 is 17.7 Å². The van der Waals surface area contributed by atoms with Gasteiger partial charge in [-0.05, 0) is 117 Å². The summed E-state index contributed by atoms with van der Waals surface area (Å²) in [5.41, 5.74) is 0.317. The first kappa shape index (κ1) is 33.7. The summed E-state index contributed by atoms with van der Waals surface area (Å²) in [4.78, 5) is 42.6. The molecule has 9 atom stereocenters. The summed E-state index contributed by atoms with van der Waals surface area (Å²) in [6.07, 6.45) is 10.6. The van der Waals surface area contributed by atoms with E-state index >= 15 is 0 Å². The van der Waals surface area contributed by atoms with E-state index in [1.165, 1.54) is 12.5 Å². The van der Waals surface area contributed by atoms with Crippen LogP contribution in [0.4, 0.5) is 0 Å². The number of esters is 2. The van der Waals surface area contributed by atoms with E-state index in [1.807, 2.05) is 0 Å². The van der Waals surface area contributed by atoms with Gasteiger partial charge in [-0.2, -0.15) is 0 Å². The standard InChI is InChI=1S/C38H61NO5/c1-11-39(12-2)21-22-43-32(42)35(7)18-17-34(6)19-20-37(9)26(27(34)24-35)23-28(41)31-36(8)15-14-30(44-25(3)40)33(4,5)29(36)13-16-38(31,37)10/h23,27,29-31H,11-22,24H2,1-10H3/t27-,29-,30-,31-,34+,35-,36-,37+,38-/m0/s1. The first-order chi connectivity index (χ1) is 20.4. The lowest BCUT2D eigenvalue weighted by Crippen LogP contribution is -2.66. The van der Waals surface area contributed by atoms with Gasteiger partial charge in [0, 0.05) is 24.8 Å². The molecule has 5 aliphatic rings. The van der Waals surface area contributed by atoms with Crippen LogP contribution in [0.15, 0.2) is 11.6 Å². The van der Waals surface area contributed by atoms with Crippen LogP contribution in [0.5, 0.6) is 0 Å². The molecule has 6 nitrogen and oxygen atoms in total. The number of carbonyl (C=O) groups excluding carboxylic acids is 3. The monoisotopic (exact) mass is 611 g/mol. The molecule has 4 saturated carbocycles. The minimum absolute atomic E-state index is 0.0515. The van der Waals surface area contributed by atoms with Crippen LogP contribution in [0, 0.1) is 50.2 Å². The fourth-order valence-corrected chi connectivity index (χ4v) is 11.7. The normalized spacial score (nSPS) is 44.4. The smallest absolute Gasteiger partial charge is 0.311 e. The van der Waals surface area contributed by atoms with Gasteiger partial charge < -0.3 is 14.4 Å². The summed E-state index contributed by atoms with van der Waals surface area (Å²) in [5, 5.41) is 0. The van der Waals surface area contributed by atoms with Crippen LogP contribution in [0.3, 0.4) is 0 Å². The van der Waals surface area contributed by atoms with Crippen LogP contribution >= 0.6 is 0 Å². The van der Waals surface area contributed by atoms with Crippen LogP contribution in [-0.2, 0) is 23.9 Å². The van der Waals surface area contributed by atoms with E-state index in [4.69, 9.17) is 9.47 Å². The van der Waals surface area contributed by atoms with Gasteiger partial charge in [0.2, 0.25) is 0 Å². The Morgan fingerprint density at radius 3 is 2.20 bits per heavy atom. The van der Waals surface area contributed by atoms with E-state index in [9.17, 15) is 14.4 Å². The van der Waals surface area contributed by atoms with E-state index in [-0.39, 0.29) is 57.0 Å². The zero-order valence-corrected chi connectivity index (χ0v) is 29.6. The maximum Gasteiger partial charge on any atom is 0.311 e. The molecule has 0 saturated heterocycles. The summed E-state index contributed by atoms with van der Waals surface area (Å²) in [6, 6.07) is 0. The Kier molecular flexibility index (Phi) is 8.59. The molecule has 0 N–H and O–H groups in total. The molecule has 0 spiro atoms. The summed E-state index contributed by atoms with van der Waals surface area (Å²) >= 11 is 0. The molecule has 5 rings (SSSR count). The number of fused-ring (bicyclic) bond motifs is 7. The maximum atomic E-state index is 14.6. The van der Waals surface area contributed by atoms with Gasteiger partial charge in [0.25, 0.3) is 0 Å². The minimum Gasteiger partial charge on any atom is -0.464 e. The van der Waals surface area contributed by atoms with Crippen LogP contribution < -0.4 is 0 Å². The highest BCUT2D eigenvalue weighted by Crippen LogP contribution is 2.75. The number of hydrogen-bond donors (Lipinski definition) is 0. The maximum absolute atomic E-state index is 14.6. The molecule has 0 aromatic carbocycles. The molecule has 0 heterocycles. The van der Waals surface area contributed by atoms with Gasteiger partial charge in [0.05, 0.1) is 5.41 Å². The van der Waals surface area contributed by atoms with Gasteiger partial charge in [0.1, 0.15) is 12.7 Å². The highest BCUT2D eigenvalue weighted by Gasteiger charge is 2.70. The third kappa shape index (κ3) is 4.94.